The van der Waals surface area contributed by atoms with Crippen LogP contribution in [-0.4, -0.2) is 20.2 Å². The standard InChI is InChI=1S/C13H16FN5/c1-8(9-3-2-4-9)19-13(16-17-18-19)11-7-10(15)5-6-12(11)14/h5-9H,2-4,15H2,1H3. The summed E-state index contributed by atoms with van der Waals surface area (Å²) in [4.78, 5) is 0. The molecule has 3 rings (SSSR count). The number of nitrogen functional groups attached to an aromatic ring is 1. The molecule has 5 nitrogen and oxygen atoms in total. The van der Waals surface area contributed by atoms with Crippen LogP contribution in [0.2, 0.25) is 0 Å². The van der Waals surface area contributed by atoms with Crippen LogP contribution in [0.4, 0.5) is 10.1 Å². The summed E-state index contributed by atoms with van der Waals surface area (Å²) in [6.45, 7) is 2.08. The molecular formula is C13H16FN5. The summed E-state index contributed by atoms with van der Waals surface area (Å²) in [6.07, 6.45) is 3.61. The number of halogens is 1. The Morgan fingerprint density at radius 1 is 1.42 bits per heavy atom. The van der Waals surface area contributed by atoms with Gasteiger partial charge in [-0.05, 0) is 54.3 Å². The van der Waals surface area contributed by atoms with Crippen molar-refractivity contribution in [2.24, 2.45) is 5.92 Å². The Kier molecular flexibility index (Phi) is 2.93. The summed E-state index contributed by atoms with van der Waals surface area (Å²) in [5.41, 5.74) is 6.57. The second-order valence-electron chi connectivity index (χ2n) is 5.12. The predicted molar refractivity (Wildman–Crippen MR) is 69.7 cm³/mol. The van der Waals surface area contributed by atoms with Gasteiger partial charge in [-0.25, -0.2) is 9.07 Å². The number of anilines is 1. The lowest BCUT2D eigenvalue weighted by atomic mass is 9.80. The number of hydrogen-bond donors (Lipinski definition) is 1. The SMILES string of the molecule is CC(C1CCC1)n1nnnc1-c1cc(N)ccc1F. The molecule has 100 valence electrons. The van der Waals surface area contributed by atoms with Crippen LogP contribution in [0.25, 0.3) is 11.4 Å². The molecule has 1 aromatic carbocycles. The van der Waals surface area contributed by atoms with Crippen LogP contribution in [-0.2, 0) is 0 Å². The normalized spacial score (nSPS) is 17.2. The van der Waals surface area contributed by atoms with Gasteiger partial charge in [-0.2, -0.15) is 0 Å². The van der Waals surface area contributed by atoms with E-state index in [1.54, 1.807) is 10.7 Å². The number of rotatable bonds is 3. The molecule has 0 spiro atoms. The van der Waals surface area contributed by atoms with Crippen molar-refractivity contribution in [3.05, 3.63) is 24.0 Å². The number of tetrazole rings is 1. The van der Waals surface area contributed by atoms with Crippen LogP contribution in [0, 0.1) is 11.7 Å². The number of nitrogens with zero attached hydrogens (tertiary/aromatic N) is 4. The summed E-state index contributed by atoms with van der Waals surface area (Å²) in [5, 5.41) is 11.7. The maximum Gasteiger partial charge on any atom is 0.185 e. The van der Waals surface area contributed by atoms with E-state index in [1.165, 1.54) is 31.4 Å². The topological polar surface area (TPSA) is 69.6 Å². The number of aromatic nitrogens is 4. The molecule has 2 N–H and O–H groups in total. The molecule has 1 aliphatic rings. The fraction of sp³-hybridized carbons (Fsp3) is 0.462. The highest BCUT2D eigenvalue weighted by molar-refractivity contribution is 5.61. The molecule has 6 heteroatoms. The molecular weight excluding hydrogens is 245 g/mol. The molecule has 1 atom stereocenters. The van der Waals surface area contributed by atoms with E-state index in [0.29, 0.717) is 23.0 Å². The molecule has 1 saturated carbocycles. The van der Waals surface area contributed by atoms with Crippen molar-refractivity contribution in [1.82, 2.24) is 20.2 Å². The molecule has 19 heavy (non-hydrogen) atoms. The molecule has 0 bridgehead atoms. The molecule has 2 aromatic rings. The average molecular weight is 261 g/mol. The fourth-order valence-electron chi connectivity index (χ4n) is 2.48. The Bertz CT molecular complexity index is 590. The zero-order chi connectivity index (χ0) is 13.4. The van der Waals surface area contributed by atoms with Crippen molar-refractivity contribution in [2.75, 3.05) is 5.73 Å². The van der Waals surface area contributed by atoms with Crippen LogP contribution in [0.15, 0.2) is 18.2 Å². The van der Waals surface area contributed by atoms with Crippen molar-refractivity contribution < 1.29 is 4.39 Å². The van der Waals surface area contributed by atoms with Crippen LogP contribution >= 0.6 is 0 Å². The summed E-state index contributed by atoms with van der Waals surface area (Å²) >= 11 is 0. The van der Waals surface area contributed by atoms with Gasteiger partial charge in [-0.1, -0.05) is 6.42 Å². The van der Waals surface area contributed by atoms with E-state index in [9.17, 15) is 4.39 Å². The zero-order valence-electron chi connectivity index (χ0n) is 10.8. The lowest BCUT2D eigenvalue weighted by molar-refractivity contribution is 0.210. The predicted octanol–water partition coefficient (Wildman–Crippen LogP) is 2.42. The molecule has 0 saturated heterocycles. The van der Waals surface area contributed by atoms with E-state index >= 15 is 0 Å². The highest BCUT2D eigenvalue weighted by Gasteiger charge is 2.28. The Morgan fingerprint density at radius 2 is 2.21 bits per heavy atom. The Labute approximate surface area is 110 Å². The minimum Gasteiger partial charge on any atom is -0.399 e. The van der Waals surface area contributed by atoms with E-state index in [1.807, 2.05) is 0 Å². The number of nitrogens with two attached hydrogens (primary N) is 1. The maximum atomic E-state index is 13.9. The second-order valence-corrected chi connectivity index (χ2v) is 5.12. The largest absolute Gasteiger partial charge is 0.399 e. The summed E-state index contributed by atoms with van der Waals surface area (Å²) in [7, 11) is 0. The first-order chi connectivity index (χ1) is 9.16. The van der Waals surface area contributed by atoms with Crippen molar-refractivity contribution >= 4 is 5.69 Å². The first kappa shape index (κ1) is 12.1. The Morgan fingerprint density at radius 3 is 2.89 bits per heavy atom. The monoisotopic (exact) mass is 261 g/mol. The van der Waals surface area contributed by atoms with Crippen molar-refractivity contribution in [1.29, 1.82) is 0 Å². The molecule has 0 amide bonds. The van der Waals surface area contributed by atoms with Gasteiger partial charge in [-0.15, -0.1) is 5.10 Å². The van der Waals surface area contributed by atoms with Gasteiger partial charge < -0.3 is 5.73 Å². The van der Waals surface area contributed by atoms with E-state index in [4.69, 9.17) is 5.73 Å². The van der Waals surface area contributed by atoms with E-state index < -0.39 is 0 Å². The highest BCUT2D eigenvalue weighted by Crippen LogP contribution is 2.37. The Hall–Kier alpha value is -1.98. The third-order valence-corrected chi connectivity index (χ3v) is 3.94. The molecule has 0 radical (unpaired) electrons. The first-order valence-electron chi connectivity index (χ1n) is 6.50. The number of benzene rings is 1. The summed E-state index contributed by atoms with van der Waals surface area (Å²) < 4.78 is 15.6. The zero-order valence-corrected chi connectivity index (χ0v) is 10.8. The van der Waals surface area contributed by atoms with Gasteiger partial charge in [0.15, 0.2) is 5.82 Å². The van der Waals surface area contributed by atoms with Crippen molar-refractivity contribution in [3.8, 4) is 11.4 Å². The molecule has 1 fully saturated rings. The summed E-state index contributed by atoms with van der Waals surface area (Å²) in [5.74, 6) is 0.668. The molecule has 0 aliphatic heterocycles. The van der Waals surface area contributed by atoms with Gasteiger partial charge in [0, 0.05) is 5.69 Å². The smallest absolute Gasteiger partial charge is 0.185 e. The minimum atomic E-state index is -0.356. The maximum absolute atomic E-state index is 13.9. The van der Waals surface area contributed by atoms with E-state index in [2.05, 4.69) is 22.4 Å². The van der Waals surface area contributed by atoms with Crippen LogP contribution in [0.3, 0.4) is 0 Å². The quantitative estimate of drug-likeness (QED) is 0.861. The van der Waals surface area contributed by atoms with Crippen LogP contribution < -0.4 is 5.73 Å². The molecule has 1 heterocycles. The van der Waals surface area contributed by atoms with Gasteiger partial charge in [0.2, 0.25) is 0 Å². The lowest BCUT2D eigenvalue weighted by Crippen LogP contribution is -2.24. The second kappa shape index (κ2) is 4.60. The van der Waals surface area contributed by atoms with E-state index in [-0.39, 0.29) is 11.9 Å². The molecule has 1 unspecified atom stereocenters. The van der Waals surface area contributed by atoms with E-state index in [0.717, 1.165) is 0 Å². The number of hydrogen-bond acceptors (Lipinski definition) is 4. The average Bonchev–Trinajstić information content (AvgIpc) is 2.78. The van der Waals surface area contributed by atoms with Gasteiger partial charge in [0.25, 0.3) is 0 Å². The highest BCUT2D eigenvalue weighted by atomic mass is 19.1. The minimum absolute atomic E-state index is 0.180. The first-order valence-corrected chi connectivity index (χ1v) is 6.50. The molecule has 1 aliphatic carbocycles. The third-order valence-electron chi connectivity index (χ3n) is 3.94. The van der Waals surface area contributed by atoms with Gasteiger partial charge >= 0.3 is 0 Å². The van der Waals surface area contributed by atoms with Crippen molar-refractivity contribution in [3.63, 3.8) is 0 Å². The van der Waals surface area contributed by atoms with Crippen LogP contribution in [0.1, 0.15) is 32.2 Å². The van der Waals surface area contributed by atoms with Gasteiger partial charge in [0.1, 0.15) is 5.82 Å². The van der Waals surface area contributed by atoms with Crippen molar-refractivity contribution in [2.45, 2.75) is 32.2 Å². The van der Waals surface area contributed by atoms with Crippen LogP contribution in [0.5, 0.6) is 0 Å². The van der Waals surface area contributed by atoms with Gasteiger partial charge in [-0.3, -0.25) is 0 Å². The lowest BCUT2D eigenvalue weighted by Gasteiger charge is -2.31. The fourth-order valence-corrected chi connectivity index (χ4v) is 2.48. The third kappa shape index (κ3) is 2.07. The molecule has 1 aromatic heterocycles. The summed E-state index contributed by atoms with van der Waals surface area (Å²) in [6, 6.07) is 4.63. The van der Waals surface area contributed by atoms with Gasteiger partial charge in [0.05, 0.1) is 11.6 Å². The Balaban J connectivity index is 2.01.